The first-order chi connectivity index (χ1) is 4.06. The smallest absolute Gasteiger partial charge is 0.264 e. The van der Waals surface area contributed by atoms with Crippen molar-refractivity contribution in [3.05, 3.63) is 0 Å². The lowest BCUT2D eigenvalue weighted by Crippen LogP contribution is -2.23. The van der Waals surface area contributed by atoms with Gasteiger partial charge in [-0.3, -0.25) is 9.63 Å². The summed E-state index contributed by atoms with van der Waals surface area (Å²) in [6, 6.07) is 0. The van der Waals surface area contributed by atoms with Gasteiger partial charge < -0.3 is 0 Å². The molecule has 0 aromatic rings. The lowest BCUT2D eigenvalue weighted by atomic mass is 10.7. The molecular formula is C3H3F3NO2. The van der Waals surface area contributed by atoms with Gasteiger partial charge in [0.2, 0.25) is 0 Å². The topological polar surface area (TPSA) is 38.3 Å². The van der Waals surface area contributed by atoms with Crippen LogP contribution in [0.5, 0.6) is 0 Å². The molecule has 1 radical (unpaired) electrons. The fourth-order valence-electron chi connectivity index (χ4n) is 0.147. The van der Waals surface area contributed by atoms with Crippen LogP contribution in [0.1, 0.15) is 0 Å². The average molecular weight is 142 g/mol. The van der Waals surface area contributed by atoms with Gasteiger partial charge in [-0.15, -0.1) is 0 Å². The minimum atomic E-state index is -4.41. The molecule has 0 saturated carbocycles. The second-order valence-corrected chi connectivity index (χ2v) is 1.11. The van der Waals surface area contributed by atoms with Crippen molar-refractivity contribution in [3.63, 3.8) is 0 Å². The SMILES string of the molecule is O=[C]NOCC(F)(F)F. The second kappa shape index (κ2) is 3.29. The highest BCUT2D eigenvalue weighted by atomic mass is 19.4. The van der Waals surface area contributed by atoms with Crippen molar-refractivity contribution in [3.8, 4) is 0 Å². The second-order valence-electron chi connectivity index (χ2n) is 1.11. The van der Waals surface area contributed by atoms with Gasteiger partial charge >= 0.3 is 12.6 Å². The van der Waals surface area contributed by atoms with Crippen LogP contribution in [0.4, 0.5) is 13.2 Å². The van der Waals surface area contributed by atoms with Gasteiger partial charge in [-0.1, -0.05) is 0 Å². The summed E-state index contributed by atoms with van der Waals surface area (Å²) in [5.74, 6) is 0. The molecule has 0 aliphatic carbocycles. The highest BCUT2D eigenvalue weighted by Gasteiger charge is 2.27. The molecular weight excluding hydrogens is 139 g/mol. The predicted octanol–water partition coefficient (Wildman–Crippen LogP) is 0.137. The molecule has 1 amide bonds. The molecule has 0 bridgehead atoms. The number of carbonyl (C=O) groups excluding carboxylic acids is 1. The highest BCUT2D eigenvalue weighted by Crippen LogP contribution is 2.13. The van der Waals surface area contributed by atoms with Crippen molar-refractivity contribution in [2.45, 2.75) is 6.18 Å². The van der Waals surface area contributed by atoms with Gasteiger partial charge in [-0.2, -0.15) is 13.2 Å². The van der Waals surface area contributed by atoms with Gasteiger partial charge in [0.05, 0.1) is 0 Å². The molecule has 3 nitrogen and oxygen atoms in total. The van der Waals surface area contributed by atoms with E-state index in [4.69, 9.17) is 4.79 Å². The van der Waals surface area contributed by atoms with Crippen molar-refractivity contribution in [2.75, 3.05) is 6.61 Å². The number of rotatable bonds is 3. The quantitative estimate of drug-likeness (QED) is 0.345. The van der Waals surface area contributed by atoms with Gasteiger partial charge in [0.15, 0.2) is 6.61 Å². The van der Waals surface area contributed by atoms with Crippen molar-refractivity contribution >= 4 is 6.41 Å². The maximum absolute atomic E-state index is 11.1. The van der Waals surface area contributed by atoms with Gasteiger partial charge in [-0.05, 0) is 0 Å². The number of hydrogen-bond donors (Lipinski definition) is 1. The van der Waals surface area contributed by atoms with Crippen LogP contribution in [-0.4, -0.2) is 19.2 Å². The van der Waals surface area contributed by atoms with E-state index in [-0.39, 0.29) is 0 Å². The highest BCUT2D eigenvalue weighted by molar-refractivity contribution is 5.44. The van der Waals surface area contributed by atoms with Crippen LogP contribution in [0, 0.1) is 0 Å². The normalized spacial score (nSPS) is 11.0. The Hall–Kier alpha value is -0.780. The molecule has 0 aliphatic heterocycles. The van der Waals surface area contributed by atoms with E-state index in [1.165, 1.54) is 5.48 Å². The van der Waals surface area contributed by atoms with Crippen LogP contribution >= 0.6 is 0 Å². The minimum absolute atomic E-state index is 0.918. The Bertz CT molecular complexity index is 91.5. The number of amides is 1. The van der Waals surface area contributed by atoms with E-state index in [2.05, 4.69) is 4.84 Å². The zero-order chi connectivity index (χ0) is 7.33. The van der Waals surface area contributed by atoms with Gasteiger partial charge in [0.1, 0.15) is 0 Å². The van der Waals surface area contributed by atoms with E-state index in [1.54, 1.807) is 0 Å². The molecule has 6 heteroatoms. The summed E-state index contributed by atoms with van der Waals surface area (Å²) in [5, 5.41) is 0. The number of hydroxylamine groups is 1. The van der Waals surface area contributed by atoms with Crippen LogP contribution in [0.25, 0.3) is 0 Å². The maximum Gasteiger partial charge on any atom is 0.414 e. The lowest BCUT2D eigenvalue weighted by molar-refractivity contribution is -0.182. The molecule has 0 aromatic carbocycles. The fourth-order valence-corrected chi connectivity index (χ4v) is 0.147. The predicted molar refractivity (Wildman–Crippen MR) is 20.8 cm³/mol. The molecule has 1 N–H and O–H groups in total. The Morgan fingerprint density at radius 1 is 1.56 bits per heavy atom. The Morgan fingerprint density at radius 2 is 2.11 bits per heavy atom. The van der Waals surface area contributed by atoms with Crippen molar-refractivity contribution in [1.29, 1.82) is 0 Å². The third kappa shape index (κ3) is 7.22. The molecule has 0 aliphatic rings. The van der Waals surface area contributed by atoms with Crippen LogP contribution in [0.15, 0.2) is 0 Å². The summed E-state index contributed by atoms with van der Waals surface area (Å²) in [6.45, 7) is -1.50. The molecule has 53 valence electrons. The number of alkyl halides is 3. The van der Waals surface area contributed by atoms with Crippen LogP contribution < -0.4 is 5.48 Å². The van der Waals surface area contributed by atoms with Crippen molar-refractivity contribution < 1.29 is 22.8 Å². The molecule has 0 heterocycles. The van der Waals surface area contributed by atoms with E-state index >= 15 is 0 Å². The van der Waals surface area contributed by atoms with Crippen LogP contribution in [-0.2, 0) is 9.63 Å². The third-order valence-electron chi connectivity index (χ3n) is 0.350. The summed E-state index contributed by atoms with van der Waals surface area (Å²) >= 11 is 0. The molecule has 0 rings (SSSR count). The monoisotopic (exact) mass is 142 g/mol. The first-order valence-electron chi connectivity index (χ1n) is 1.87. The zero-order valence-corrected chi connectivity index (χ0v) is 4.16. The zero-order valence-electron chi connectivity index (χ0n) is 4.16. The van der Waals surface area contributed by atoms with Gasteiger partial charge in [-0.25, -0.2) is 5.48 Å². The van der Waals surface area contributed by atoms with E-state index in [1.807, 2.05) is 0 Å². The first-order valence-corrected chi connectivity index (χ1v) is 1.87. The Labute approximate surface area is 48.7 Å². The Kier molecular flexibility index (Phi) is 3.00. The van der Waals surface area contributed by atoms with E-state index in [0.29, 0.717) is 0 Å². The molecule has 9 heavy (non-hydrogen) atoms. The lowest BCUT2D eigenvalue weighted by Gasteiger charge is -2.03. The minimum Gasteiger partial charge on any atom is -0.264 e. The molecule has 0 aromatic heterocycles. The average Bonchev–Trinajstić information content (AvgIpc) is 1.63. The molecule has 0 spiro atoms. The summed E-state index contributed by atoms with van der Waals surface area (Å²) in [7, 11) is 0. The fraction of sp³-hybridized carbons (Fsp3) is 0.667. The Balaban J connectivity index is 3.17. The van der Waals surface area contributed by atoms with Crippen LogP contribution in [0.2, 0.25) is 0 Å². The summed E-state index contributed by atoms with van der Waals surface area (Å²) in [6.07, 6.45) is -3.49. The van der Waals surface area contributed by atoms with Crippen LogP contribution in [0.3, 0.4) is 0 Å². The van der Waals surface area contributed by atoms with Crippen molar-refractivity contribution in [1.82, 2.24) is 5.48 Å². The number of nitrogens with one attached hydrogen (secondary N) is 1. The van der Waals surface area contributed by atoms with Gasteiger partial charge in [0, 0.05) is 0 Å². The van der Waals surface area contributed by atoms with Crippen molar-refractivity contribution in [2.24, 2.45) is 0 Å². The number of hydrogen-bond acceptors (Lipinski definition) is 2. The molecule has 0 unspecified atom stereocenters. The standard InChI is InChI=1S/C3H3F3NO2/c4-3(5,6)1-9-7-2-8/h1H2,(H,7,8). The molecule has 0 saturated heterocycles. The van der Waals surface area contributed by atoms with E-state index < -0.39 is 12.8 Å². The first kappa shape index (κ1) is 8.22. The number of halogens is 3. The summed E-state index contributed by atoms with van der Waals surface area (Å²) in [5.41, 5.74) is 1.28. The largest absolute Gasteiger partial charge is 0.414 e. The van der Waals surface area contributed by atoms with E-state index in [9.17, 15) is 13.2 Å². The maximum atomic E-state index is 11.1. The third-order valence-corrected chi connectivity index (χ3v) is 0.350. The summed E-state index contributed by atoms with van der Waals surface area (Å²) in [4.78, 5) is 12.7. The molecule has 0 fully saturated rings. The molecule has 0 atom stereocenters. The Morgan fingerprint density at radius 3 is 2.44 bits per heavy atom. The summed E-state index contributed by atoms with van der Waals surface area (Å²) < 4.78 is 33.3. The van der Waals surface area contributed by atoms with E-state index in [0.717, 1.165) is 6.41 Å². The van der Waals surface area contributed by atoms with Gasteiger partial charge in [0.25, 0.3) is 0 Å².